The van der Waals surface area contributed by atoms with Gasteiger partial charge in [0.2, 0.25) is 0 Å². The van der Waals surface area contributed by atoms with Gasteiger partial charge >= 0.3 is 6.09 Å². The van der Waals surface area contributed by atoms with Crippen LogP contribution in [0.4, 0.5) is 4.79 Å². The van der Waals surface area contributed by atoms with Crippen LogP contribution in [0, 0.1) is 5.92 Å². The van der Waals surface area contributed by atoms with Gasteiger partial charge in [0.15, 0.2) is 0 Å². The third-order valence-corrected chi connectivity index (χ3v) is 3.11. The lowest BCUT2D eigenvalue weighted by atomic mass is 10.1. The summed E-state index contributed by atoms with van der Waals surface area (Å²) in [5, 5.41) is 0. The first-order valence-corrected chi connectivity index (χ1v) is 5.65. The van der Waals surface area contributed by atoms with E-state index >= 15 is 0 Å². The summed E-state index contributed by atoms with van der Waals surface area (Å²) >= 11 is 0. The molecule has 2 fully saturated rings. The molecule has 3 atom stereocenters. The fraction of sp³-hybridized carbons (Fsp3) is 0.909. The second-order valence-electron chi connectivity index (χ2n) is 5.55. The average molecular weight is 212 g/mol. The number of nitrogens with two attached hydrogens (primary N) is 1. The summed E-state index contributed by atoms with van der Waals surface area (Å²) in [5.41, 5.74) is 5.50. The van der Waals surface area contributed by atoms with Crippen molar-refractivity contribution in [1.82, 2.24) is 4.90 Å². The first-order chi connectivity index (χ1) is 6.90. The molecule has 4 nitrogen and oxygen atoms in total. The second kappa shape index (κ2) is 3.37. The third-order valence-electron chi connectivity index (χ3n) is 3.11. The van der Waals surface area contributed by atoms with E-state index in [1.54, 1.807) is 0 Å². The zero-order valence-corrected chi connectivity index (χ0v) is 9.69. The minimum Gasteiger partial charge on any atom is -0.444 e. The normalized spacial score (nSPS) is 34.7. The SMILES string of the molecule is CC(C)(C)OC(=O)N1CCCC2C(N)C21. The van der Waals surface area contributed by atoms with Gasteiger partial charge in [-0.3, -0.25) is 0 Å². The molecule has 0 aromatic heterocycles. The van der Waals surface area contributed by atoms with Gasteiger partial charge in [-0.15, -0.1) is 0 Å². The lowest BCUT2D eigenvalue weighted by Gasteiger charge is -2.29. The van der Waals surface area contributed by atoms with Gasteiger partial charge in [0.25, 0.3) is 0 Å². The molecule has 0 spiro atoms. The number of nitrogens with zero attached hydrogens (tertiary/aromatic N) is 1. The second-order valence-corrected chi connectivity index (χ2v) is 5.55. The molecule has 0 aromatic rings. The quantitative estimate of drug-likeness (QED) is 0.659. The van der Waals surface area contributed by atoms with E-state index in [0.717, 1.165) is 19.4 Å². The molecule has 1 aliphatic heterocycles. The van der Waals surface area contributed by atoms with E-state index < -0.39 is 5.60 Å². The van der Waals surface area contributed by atoms with Crippen molar-refractivity contribution in [2.75, 3.05) is 6.54 Å². The Bertz CT molecular complexity index is 272. The zero-order chi connectivity index (χ0) is 11.2. The Morgan fingerprint density at radius 3 is 2.73 bits per heavy atom. The summed E-state index contributed by atoms with van der Waals surface area (Å²) in [7, 11) is 0. The zero-order valence-electron chi connectivity index (χ0n) is 9.69. The highest BCUT2D eigenvalue weighted by atomic mass is 16.6. The summed E-state index contributed by atoms with van der Waals surface area (Å²) in [5.74, 6) is 0.520. The van der Waals surface area contributed by atoms with Gasteiger partial charge in [-0.05, 0) is 39.5 Å². The highest BCUT2D eigenvalue weighted by molar-refractivity contribution is 5.69. The molecule has 15 heavy (non-hydrogen) atoms. The number of hydrogen-bond acceptors (Lipinski definition) is 3. The molecule has 1 saturated heterocycles. The van der Waals surface area contributed by atoms with Gasteiger partial charge in [0, 0.05) is 12.6 Å². The molecule has 0 bridgehead atoms. The van der Waals surface area contributed by atoms with E-state index in [-0.39, 0.29) is 18.2 Å². The van der Waals surface area contributed by atoms with Crippen molar-refractivity contribution in [3.8, 4) is 0 Å². The number of piperidine rings is 1. The van der Waals surface area contributed by atoms with Crippen molar-refractivity contribution in [2.24, 2.45) is 11.7 Å². The number of ether oxygens (including phenoxy) is 1. The summed E-state index contributed by atoms with van der Waals surface area (Å²) in [6.45, 7) is 6.46. The molecule has 0 aromatic carbocycles. The van der Waals surface area contributed by atoms with Crippen molar-refractivity contribution in [3.05, 3.63) is 0 Å². The van der Waals surface area contributed by atoms with Crippen LogP contribution in [-0.4, -0.2) is 35.2 Å². The van der Waals surface area contributed by atoms with Gasteiger partial charge in [0.1, 0.15) is 5.60 Å². The van der Waals surface area contributed by atoms with Gasteiger partial charge in [0.05, 0.1) is 6.04 Å². The molecule has 1 heterocycles. The number of rotatable bonds is 0. The van der Waals surface area contributed by atoms with Crippen LogP contribution in [0.15, 0.2) is 0 Å². The Morgan fingerprint density at radius 2 is 2.13 bits per heavy atom. The Morgan fingerprint density at radius 1 is 1.47 bits per heavy atom. The standard InChI is InChI=1S/C11H20N2O2/c1-11(2,3)15-10(14)13-6-4-5-7-8(12)9(7)13/h7-9H,4-6,12H2,1-3H3. The van der Waals surface area contributed by atoms with Crippen LogP contribution in [0.25, 0.3) is 0 Å². The van der Waals surface area contributed by atoms with Crippen molar-refractivity contribution >= 4 is 6.09 Å². The monoisotopic (exact) mass is 212 g/mol. The van der Waals surface area contributed by atoms with E-state index in [1.165, 1.54) is 0 Å². The maximum atomic E-state index is 11.8. The minimum absolute atomic E-state index is 0.181. The summed E-state index contributed by atoms with van der Waals surface area (Å²) in [6, 6.07) is 0.425. The van der Waals surface area contributed by atoms with Crippen LogP contribution in [-0.2, 0) is 4.74 Å². The third kappa shape index (κ3) is 2.09. The first-order valence-electron chi connectivity index (χ1n) is 5.65. The molecular weight excluding hydrogens is 192 g/mol. The molecule has 1 aliphatic carbocycles. The molecule has 2 N–H and O–H groups in total. The van der Waals surface area contributed by atoms with Crippen LogP contribution < -0.4 is 5.73 Å². The van der Waals surface area contributed by atoms with Crippen LogP contribution in [0.1, 0.15) is 33.6 Å². The van der Waals surface area contributed by atoms with Gasteiger partial charge < -0.3 is 15.4 Å². The number of likely N-dealkylation sites (tertiary alicyclic amines) is 1. The predicted octanol–water partition coefficient (Wildman–Crippen LogP) is 1.34. The molecule has 1 amide bonds. The fourth-order valence-electron chi connectivity index (χ4n) is 2.36. The van der Waals surface area contributed by atoms with Crippen LogP contribution in [0.2, 0.25) is 0 Å². The van der Waals surface area contributed by atoms with Crippen LogP contribution in [0.5, 0.6) is 0 Å². The topological polar surface area (TPSA) is 55.6 Å². The van der Waals surface area contributed by atoms with Crippen molar-refractivity contribution < 1.29 is 9.53 Å². The number of hydrogen-bond donors (Lipinski definition) is 1. The minimum atomic E-state index is -0.414. The smallest absolute Gasteiger partial charge is 0.410 e. The number of carbonyl (C=O) groups excluding carboxylic acids is 1. The molecule has 0 radical (unpaired) electrons. The van der Waals surface area contributed by atoms with Crippen molar-refractivity contribution in [1.29, 1.82) is 0 Å². The molecule has 86 valence electrons. The average Bonchev–Trinajstić information content (AvgIpc) is 2.75. The molecular formula is C11H20N2O2. The highest BCUT2D eigenvalue weighted by Crippen LogP contribution is 2.42. The fourth-order valence-corrected chi connectivity index (χ4v) is 2.36. The van der Waals surface area contributed by atoms with E-state index in [9.17, 15) is 4.79 Å². The maximum Gasteiger partial charge on any atom is 0.410 e. The number of fused-ring (bicyclic) bond motifs is 1. The van der Waals surface area contributed by atoms with Crippen molar-refractivity contribution in [2.45, 2.75) is 51.3 Å². The van der Waals surface area contributed by atoms with Crippen LogP contribution in [0.3, 0.4) is 0 Å². The summed E-state index contributed by atoms with van der Waals surface area (Å²) in [6.07, 6.45) is 2.00. The highest BCUT2D eigenvalue weighted by Gasteiger charge is 2.55. The first kappa shape index (κ1) is 10.7. The molecule has 3 unspecified atom stereocenters. The maximum absolute atomic E-state index is 11.8. The van der Waals surface area contributed by atoms with Gasteiger partial charge in [-0.25, -0.2) is 4.79 Å². The number of amides is 1. The predicted molar refractivity (Wildman–Crippen MR) is 57.4 cm³/mol. The lowest BCUT2D eigenvalue weighted by molar-refractivity contribution is 0.0192. The summed E-state index contributed by atoms with van der Waals surface area (Å²) < 4.78 is 5.35. The Kier molecular flexibility index (Phi) is 2.41. The summed E-state index contributed by atoms with van der Waals surface area (Å²) in [4.78, 5) is 13.7. The van der Waals surface area contributed by atoms with E-state index in [1.807, 2.05) is 25.7 Å². The molecule has 4 heteroatoms. The van der Waals surface area contributed by atoms with E-state index in [2.05, 4.69) is 0 Å². The van der Waals surface area contributed by atoms with Crippen LogP contribution >= 0.6 is 0 Å². The Hall–Kier alpha value is -0.770. The largest absolute Gasteiger partial charge is 0.444 e. The Labute approximate surface area is 90.8 Å². The van der Waals surface area contributed by atoms with Gasteiger partial charge in [-0.1, -0.05) is 0 Å². The molecule has 2 rings (SSSR count). The van der Waals surface area contributed by atoms with Gasteiger partial charge in [-0.2, -0.15) is 0 Å². The molecule has 1 saturated carbocycles. The number of carbonyl (C=O) groups is 1. The van der Waals surface area contributed by atoms with E-state index in [4.69, 9.17) is 10.5 Å². The lowest BCUT2D eigenvalue weighted by Crippen LogP contribution is -2.42. The Balaban J connectivity index is 1.96. The van der Waals surface area contributed by atoms with Crippen molar-refractivity contribution in [3.63, 3.8) is 0 Å². The van der Waals surface area contributed by atoms with E-state index in [0.29, 0.717) is 5.92 Å². The molecule has 2 aliphatic rings.